The molecule has 5 N–H and O–H groups in total. The minimum absolute atomic E-state index is 0.0658. The number of methoxy groups -OCH3 is 1. The third-order valence-corrected chi connectivity index (χ3v) is 3.91. The SMILES string of the molecule is COc1cc([C@@H]2NC(=S)NC(C)=C2C(C)=O)ccc1OCC(=O)NN. The lowest BCUT2D eigenvalue weighted by molar-refractivity contribution is -0.123. The summed E-state index contributed by atoms with van der Waals surface area (Å²) in [5.74, 6) is 5.30. The van der Waals surface area contributed by atoms with E-state index in [1.54, 1.807) is 25.1 Å². The highest BCUT2D eigenvalue weighted by Crippen LogP contribution is 2.34. The molecule has 1 aromatic rings. The zero-order chi connectivity index (χ0) is 18.6. The Labute approximate surface area is 150 Å². The fourth-order valence-electron chi connectivity index (χ4n) is 2.58. The molecule has 1 atom stereocenters. The van der Waals surface area contributed by atoms with Gasteiger partial charge in [-0.25, -0.2) is 5.84 Å². The van der Waals surface area contributed by atoms with E-state index in [-0.39, 0.29) is 12.4 Å². The molecule has 0 bridgehead atoms. The van der Waals surface area contributed by atoms with E-state index in [4.69, 9.17) is 27.5 Å². The van der Waals surface area contributed by atoms with Gasteiger partial charge in [-0.15, -0.1) is 0 Å². The third-order valence-electron chi connectivity index (χ3n) is 3.69. The largest absolute Gasteiger partial charge is 0.493 e. The van der Waals surface area contributed by atoms with E-state index in [0.29, 0.717) is 27.9 Å². The minimum Gasteiger partial charge on any atom is -0.493 e. The van der Waals surface area contributed by atoms with Crippen LogP contribution in [0.4, 0.5) is 0 Å². The van der Waals surface area contributed by atoms with Crippen molar-refractivity contribution in [3.8, 4) is 11.5 Å². The standard InChI is InChI=1S/C16H20N4O4S/c1-8-14(9(2)21)15(19-16(25)18-8)10-4-5-11(12(6-10)23-3)24-7-13(22)20-17/h4-6,15H,7,17H2,1-3H3,(H,20,22)(H2,18,19,25)/t15-/m0/s1. The number of rotatable bonds is 6. The van der Waals surface area contributed by atoms with Gasteiger partial charge in [0, 0.05) is 11.3 Å². The number of hydrogen-bond acceptors (Lipinski definition) is 6. The van der Waals surface area contributed by atoms with Crippen LogP contribution in [0.1, 0.15) is 25.5 Å². The van der Waals surface area contributed by atoms with Crippen LogP contribution in [-0.2, 0) is 9.59 Å². The second-order valence-corrected chi connectivity index (χ2v) is 5.80. The first kappa shape index (κ1) is 18.7. The molecule has 9 heteroatoms. The number of nitrogens with one attached hydrogen (secondary N) is 3. The summed E-state index contributed by atoms with van der Waals surface area (Å²) in [6, 6.07) is 4.77. The zero-order valence-electron chi connectivity index (χ0n) is 14.1. The number of thiocarbonyl (C=S) groups is 1. The zero-order valence-corrected chi connectivity index (χ0v) is 15.0. The highest BCUT2D eigenvalue weighted by atomic mass is 32.1. The molecular weight excluding hydrogens is 344 g/mol. The second kappa shape index (κ2) is 7.95. The third kappa shape index (κ3) is 4.25. The number of hydrazine groups is 1. The van der Waals surface area contributed by atoms with Crippen LogP contribution in [0.25, 0.3) is 0 Å². The predicted octanol–water partition coefficient (Wildman–Crippen LogP) is 0.446. The molecule has 2 rings (SSSR count). The Morgan fingerprint density at radius 3 is 2.68 bits per heavy atom. The molecule has 8 nitrogen and oxygen atoms in total. The van der Waals surface area contributed by atoms with Crippen LogP contribution in [0.3, 0.4) is 0 Å². The number of ether oxygens (including phenoxy) is 2. The summed E-state index contributed by atoms with van der Waals surface area (Å²) in [5.41, 5.74) is 4.06. The summed E-state index contributed by atoms with van der Waals surface area (Å²) < 4.78 is 10.7. The summed E-state index contributed by atoms with van der Waals surface area (Å²) in [6.07, 6.45) is 0. The number of ketones is 1. The van der Waals surface area contributed by atoms with Gasteiger partial charge in [-0.1, -0.05) is 6.07 Å². The molecule has 1 aliphatic heterocycles. The van der Waals surface area contributed by atoms with Crippen LogP contribution in [0.5, 0.6) is 11.5 Å². The lowest BCUT2D eigenvalue weighted by atomic mass is 9.93. The Bertz CT molecular complexity index is 748. The van der Waals surface area contributed by atoms with Crippen molar-refractivity contribution in [2.45, 2.75) is 19.9 Å². The summed E-state index contributed by atoms with van der Waals surface area (Å²) in [5, 5.41) is 6.48. The molecule has 1 aromatic carbocycles. The van der Waals surface area contributed by atoms with Crippen LogP contribution in [0.2, 0.25) is 0 Å². The number of nitrogens with two attached hydrogens (primary N) is 1. The Morgan fingerprint density at radius 2 is 2.08 bits per heavy atom. The molecule has 0 aliphatic carbocycles. The normalized spacial score (nSPS) is 16.6. The molecule has 0 fully saturated rings. The Hall–Kier alpha value is -2.65. The van der Waals surface area contributed by atoms with Crippen molar-refractivity contribution in [3.05, 3.63) is 35.0 Å². The van der Waals surface area contributed by atoms with Gasteiger partial charge in [0.15, 0.2) is 29.0 Å². The van der Waals surface area contributed by atoms with Crippen molar-refractivity contribution in [1.82, 2.24) is 16.1 Å². The van der Waals surface area contributed by atoms with Gasteiger partial charge in [-0.3, -0.25) is 15.0 Å². The molecule has 1 heterocycles. The highest BCUT2D eigenvalue weighted by molar-refractivity contribution is 7.80. The summed E-state index contributed by atoms with van der Waals surface area (Å²) in [4.78, 5) is 23.3. The Balaban J connectivity index is 2.35. The number of allylic oxidation sites excluding steroid dienone is 1. The van der Waals surface area contributed by atoms with E-state index >= 15 is 0 Å². The van der Waals surface area contributed by atoms with Gasteiger partial charge in [-0.05, 0) is 43.8 Å². The first-order chi connectivity index (χ1) is 11.9. The average Bonchev–Trinajstić information content (AvgIpc) is 2.58. The maximum atomic E-state index is 12.0. The number of hydrogen-bond donors (Lipinski definition) is 4. The quantitative estimate of drug-likeness (QED) is 0.249. The smallest absolute Gasteiger partial charge is 0.271 e. The topological polar surface area (TPSA) is 115 Å². The summed E-state index contributed by atoms with van der Waals surface area (Å²) >= 11 is 5.19. The molecule has 25 heavy (non-hydrogen) atoms. The maximum Gasteiger partial charge on any atom is 0.271 e. The molecule has 0 aromatic heterocycles. The van der Waals surface area contributed by atoms with Crippen LogP contribution < -0.4 is 31.4 Å². The van der Waals surface area contributed by atoms with Gasteiger partial charge in [-0.2, -0.15) is 0 Å². The lowest BCUT2D eigenvalue weighted by Gasteiger charge is -2.30. The van der Waals surface area contributed by atoms with Crippen molar-refractivity contribution < 1.29 is 19.1 Å². The highest BCUT2D eigenvalue weighted by Gasteiger charge is 2.28. The lowest BCUT2D eigenvalue weighted by Crippen LogP contribution is -2.44. The van der Waals surface area contributed by atoms with Crippen molar-refractivity contribution in [1.29, 1.82) is 0 Å². The van der Waals surface area contributed by atoms with E-state index in [9.17, 15) is 9.59 Å². The first-order valence-electron chi connectivity index (χ1n) is 7.46. The van der Waals surface area contributed by atoms with E-state index in [2.05, 4.69) is 10.6 Å². The minimum atomic E-state index is -0.464. The Kier molecular flexibility index (Phi) is 5.94. The van der Waals surface area contributed by atoms with Crippen LogP contribution in [0.15, 0.2) is 29.5 Å². The molecule has 0 saturated carbocycles. The Morgan fingerprint density at radius 1 is 1.36 bits per heavy atom. The van der Waals surface area contributed by atoms with Crippen molar-refractivity contribution in [3.63, 3.8) is 0 Å². The average molecular weight is 364 g/mol. The second-order valence-electron chi connectivity index (χ2n) is 5.39. The molecule has 0 saturated heterocycles. The summed E-state index contributed by atoms with van der Waals surface area (Å²) in [7, 11) is 1.49. The molecule has 1 aliphatic rings. The van der Waals surface area contributed by atoms with E-state index in [0.717, 1.165) is 5.56 Å². The van der Waals surface area contributed by atoms with Gasteiger partial charge in [0.2, 0.25) is 0 Å². The van der Waals surface area contributed by atoms with Crippen molar-refractivity contribution >= 4 is 29.0 Å². The molecule has 0 unspecified atom stereocenters. The monoisotopic (exact) mass is 364 g/mol. The first-order valence-corrected chi connectivity index (χ1v) is 7.87. The number of amides is 1. The summed E-state index contributed by atoms with van der Waals surface area (Å²) in [6.45, 7) is 3.07. The fraction of sp³-hybridized carbons (Fsp3) is 0.312. The maximum absolute atomic E-state index is 12.0. The van der Waals surface area contributed by atoms with Gasteiger partial charge in [0.25, 0.3) is 5.91 Å². The number of carbonyl (C=O) groups is 2. The van der Waals surface area contributed by atoms with Crippen LogP contribution in [-0.4, -0.2) is 30.5 Å². The van der Waals surface area contributed by atoms with Crippen molar-refractivity contribution in [2.24, 2.45) is 5.84 Å². The van der Waals surface area contributed by atoms with Gasteiger partial charge >= 0.3 is 0 Å². The van der Waals surface area contributed by atoms with Crippen LogP contribution >= 0.6 is 12.2 Å². The van der Waals surface area contributed by atoms with Gasteiger partial charge in [0.05, 0.1) is 13.2 Å². The van der Waals surface area contributed by atoms with E-state index < -0.39 is 11.9 Å². The molecular formula is C16H20N4O4S. The fourth-order valence-corrected chi connectivity index (χ4v) is 2.85. The van der Waals surface area contributed by atoms with Gasteiger partial charge < -0.3 is 20.1 Å². The molecule has 0 radical (unpaired) electrons. The molecule has 0 spiro atoms. The van der Waals surface area contributed by atoms with E-state index in [1.165, 1.54) is 14.0 Å². The van der Waals surface area contributed by atoms with Crippen molar-refractivity contribution in [2.75, 3.05) is 13.7 Å². The number of benzene rings is 1. The number of Topliss-reactive ketones (excluding diaryl/α,β-unsaturated/α-hetero) is 1. The van der Waals surface area contributed by atoms with E-state index in [1.807, 2.05) is 5.43 Å². The van der Waals surface area contributed by atoms with Gasteiger partial charge in [0.1, 0.15) is 0 Å². The van der Waals surface area contributed by atoms with Crippen LogP contribution in [0, 0.1) is 0 Å². The number of carbonyl (C=O) groups excluding carboxylic acids is 2. The predicted molar refractivity (Wildman–Crippen MR) is 95.8 cm³/mol. The molecule has 1 amide bonds. The molecule has 134 valence electrons.